The standard InChI is InChI=1S/C12H17ClS/c13-10-12(5-1-2-6-12)7-3-11-4-8-14-9-11/h4,8-9H,1-3,5-7,10H2. The monoisotopic (exact) mass is 228 g/mol. The fourth-order valence-corrected chi connectivity index (χ4v) is 3.52. The van der Waals surface area contributed by atoms with Crippen molar-refractivity contribution in [1.29, 1.82) is 0 Å². The minimum absolute atomic E-state index is 0.476. The van der Waals surface area contributed by atoms with Gasteiger partial charge in [-0.15, -0.1) is 11.6 Å². The lowest BCUT2D eigenvalue weighted by Gasteiger charge is -2.25. The van der Waals surface area contributed by atoms with Crippen molar-refractivity contribution in [2.45, 2.75) is 38.5 Å². The summed E-state index contributed by atoms with van der Waals surface area (Å²) in [5.41, 5.74) is 1.97. The summed E-state index contributed by atoms with van der Waals surface area (Å²) in [7, 11) is 0. The van der Waals surface area contributed by atoms with Gasteiger partial charge in [0.25, 0.3) is 0 Å². The van der Waals surface area contributed by atoms with Gasteiger partial charge >= 0.3 is 0 Å². The van der Waals surface area contributed by atoms with E-state index in [0.717, 1.165) is 5.88 Å². The Morgan fingerprint density at radius 2 is 2.14 bits per heavy atom. The normalized spacial score (nSPS) is 20.1. The van der Waals surface area contributed by atoms with E-state index in [2.05, 4.69) is 16.8 Å². The van der Waals surface area contributed by atoms with Gasteiger partial charge in [-0.05, 0) is 53.5 Å². The zero-order valence-corrected chi connectivity index (χ0v) is 10.0. The summed E-state index contributed by atoms with van der Waals surface area (Å²) in [6.45, 7) is 0. The average Bonchev–Trinajstić information content (AvgIpc) is 2.87. The summed E-state index contributed by atoms with van der Waals surface area (Å²) in [6.07, 6.45) is 7.97. The molecule has 78 valence electrons. The van der Waals surface area contributed by atoms with Crippen LogP contribution in [0.1, 0.15) is 37.7 Å². The molecule has 0 N–H and O–H groups in total. The third-order valence-electron chi connectivity index (χ3n) is 3.47. The Balaban J connectivity index is 1.89. The van der Waals surface area contributed by atoms with E-state index >= 15 is 0 Å². The number of rotatable bonds is 4. The molecule has 0 nitrogen and oxygen atoms in total. The van der Waals surface area contributed by atoms with Crippen molar-refractivity contribution in [1.82, 2.24) is 0 Å². The number of aryl methyl sites for hydroxylation is 1. The maximum atomic E-state index is 6.11. The van der Waals surface area contributed by atoms with E-state index < -0.39 is 0 Å². The molecule has 1 heterocycles. The number of hydrogen-bond acceptors (Lipinski definition) is 1. The van der Waals surface area contributed by atoms with Crippen molar-refractivity contribution in [3.63, 3.8) is 0 Å². The fourth-order valence-electron chi connectivity index (χ4n) is 2.42. The first-order valence-electron chi connectivity index (χ1n) is 5.42. The summed E-state index contributed by atoms with van der Waals surface area (Å²) >= 11 is 7.90. The van der Waals surface area contributed by atoms with Crippen molar-refractivity contribution < 1.29 is 0 Å². The Bertz CT molecular complexity index is 260. The van der Waals surface area contributed by atoms with Gasteiger partial charge in [0.1, 0.15) is 0 Å². The van der Waals surface area contributed by atoms with Crippen LogP contribution in [0.15, 0.2) is 16.8 Å². The number of hydrogen-bond donors (Lipinski definition) is 0. The molecular formula is C12H17ClS. The second-order valence-electron chi connectivity index (χ2n) is 4.47. The van der Waals surface area contributed by atoms with Gasteiger partial charge in [-0.25, -0.2) is 0 Å². The van der Waals surface area contributed by atoms with Crippen LogP contribution in [0.25, 0.3) is 0 Å². The molecule has 0 amide bonds. The molecule has 1 aromatic rings. The first-order valence-corrected chi connectivity index (χ1v) is 6.89. The highest BCUT2D eigenvalue weighted by atomic mass is 35.5. The highest BCUT2D eigenvalue weighted by Crippen LogP contribution is 2.42. The fraction of sp³-hybridized carbons (Fsp3) is 0.667. The van der Waals surface area contributed by atoms with Crippen LogP contribution in [0.2, 0.25) is 0 Å². The molecule has 0 bridgehead atoms. The van der Waals surface area contributed by atoms with Crippen LogP contribution >= 0.6 is 22.9 Å². The van der Waals surface area contributed by atoms with Gasteiger partial charge in [0, 0.05) is 5.88 Å². The molecule has 0 unspecified atom stereocenters. The predicted octanol–water partition coefficient (Wildman–Crippen LogP) is 4.48. The lowest BCUT2D eigenvalue weighted by Crippen LogP contribution is -2.19. The molecule has 14 heavy (non-hydrogen) atoms. The molecule has 1 aliphatic carbocycles. The van der Waals surface area contributed by atoms with Crippen molar-refractivity contribution in [3.8, 4) is 0 Å². The lowest BCUT2D eigenvalue weighted by molar-refractivity contribution is 0.315. The Hall–Kier alpha value is -0.0100. The van der Waals surface area contributed by atoms with Gasteiger partial charge in [-0.3, -0.25) is 0 Å². The predicted molar refractivity (Wildman–Crippen MR) is 64.3 cm³/mol. The van der Waals surface area contributed by atoms with Crippen LogP contribution < -0.4 is 0 Å². The Morgan fingerprint density at radius 3 is 2.71 bits per heavy atom. The molecular weight excluding hydrogens is 212 g/mol. The molecule has 0 aliphatic heterocycles. The molecule has 0 atom stereocenters. The van der Waals surface area contributed by atoms with E-state index in [1.165, 1.54) is 44.1 Å². The van der Waals surface area contributed by atoms with E-state index in [9.17, 15) is 0 Å². The van der Waals surface area contributed by atoms with E-state index in [1.807, 2.05) is 0 Å². The third-order valence-corrected chi connectivity index (χ3v) is 4.77. The molecule has 2 rings (SSSR count). The molecule has 1 aliphatic rings. The van der Waals surface area contributed by atoms with Crippen molar-refractivity contribution in [2.24, 2.45) is 5.41 Å². The van der Waals surface area contributed by atoms with E-state index in [4.69, 9.17) is 11.6 Å². The lowest BCUT2D eigenvalue weighted by atomic mass is 9.83. The van der Waals surface area contributed by atoms with Crippen LogP contribution in [0.5, 0.6) is 0 Å². The quantitative estimate of drug-likeness (QED) is 0.667. The van der Waals surface area contributed by atoms with Crippen LogP contribution in [0.4, 0.5) is 0 Å². The first-order chi connectivity index (χ1) is 6.85. The minimum Gasteiger partial charge on any atom is -0.152 e. The second kappa shape index (κ2) is 4.67. The van der Waals surface area contributed by atoms with Crippen LogP contribution in [-0.4, -0.2) is 5.88 Å². The zero-order valence-electron chi connectivity index (χ0n) is 8.47. The van der Waals surface area contributed by atoms with Gasteiger partial charge in [-0.1, -0.05) is 12.8 Å². The number of alkyl halides is 1. The summed E-state index contributed by atoms with van der Waals surface area (Å²) in [5, 5.41) is 4.42. The molecule has 0 aromatic carbocycles. The summed E-state index contributed by atoms with van der Waals surface area (Å²) in [5.74, 6) is 0.858. The van der Waals surface area contributed by atoms with Crippen LogP contribution in [-0.2, 0) is 6.42 Å². The SMILES string of the molecule is ClCC1(CCc2ccsc2)CCCC1. The van der Waals surface area contributed by atoms with Crippen LogP contribution in [0, 0.1) is 5.41 Å². The summed E-state index contributed by atoms with van der Waals surface area (Å²) in [6, 6.07) is 2.24. The van der Waals surface area contributed by atoms with Gasteiger partial charge in [0.2, 0.25) is 0 Å². The highest BCUT2D eigenvalue weighted by Gasteiger charge is 2.32. The maximum absolute atomic E-state index is 6.11. The summed E-state index contributed by atoms with van der Waals surface area (Å²) in [4.78, 5) is 0. The summed E-state index contributed by atoms with van der Waals surface area (Å²) < 4.78 is 0. The molecule has 2 heteroatoms. The minimum atomic E-state index is 0.476. The van der Waals surface area contributed by atoms with Gasteiger partial charge < -0.3 is 0 Å². The van der Waals surface area contributed by atoms with E-state index in [1.54, 1.807) is 11.3 Å². The zero-order chi connectivity index (χ0) is 9.86. The Morgan fingerprint density at radius 1 is 1.36 bits per heavy atom. The first kappa shape index (κ1) is 10.5. The maximum Gasteiger partial charge on any atom is 0.0280 e. The highest BCUT2D eigenvalue weighted by molar-refractivity contribution is 7.07. The third kappa shape index (κ3) is 2.32. The number of halogens is 1. The van der Waals surface area contributed by atoms with Gasteiger partial charge in [0.15, 0.2) is 0 Å². The van der Waals surface area contributed by atoms with E-state index in [-0.39, 0.29) is 0 Å². The Labute approximate surface area is 95.3 Å². The van der Waals surface area contributed by atoms with Crippen molar-refractivity contribution >= 4 is 22.9 Å². The molecule has 1 saturated carbocycles. The van der Waals surface area contributed by atoms with Gasteiger partial charge in [0.05, 0.1) is 0 Å². The van der Waals surface area contributed by atoms with Crippen molar-refractivity contribution in [3.05, 3.63) is 22.4 Å². The second-order valence-corrected chi connectivity index (χ2v) is 5.52. The topological polar surface area (TPSA) is 0 Å². The molecule has 1 aromatic heterocycles. The average molecular weight is 229 g/mol. The van der Waals surface area contributed by atoms with Crippen LogP contribution in [0.3, 0.4) is 0 Å². The van der Waals surface area contributed by atoms with Crippen molar-refractivity contribution in [2.75, 3.05) is 5.88 Å². The molecule has 0 spiro atoms. The molecule has 0 saturated heterocycles. The van der Waals surface area contributed by atoms with Gasteiger partial charge in [-0.2, -0.15) is 11.3 Å². The Kier molecular flexibility index (Phi) is 3.51. The smallest absolute Gasteiger partial charge is 0.0280 e. The number of thiophene rings is 1. The largest absolute Gasteiger partial charge is 0.152 e. The van der Waals surface area contributed by atoms with E-state index in [0.29, 0.717) is 5.41 Å². The molecule has 1 fully saturated rings. The molecule has 0 radical (unpaired) electrons.